The number of nitrogens with zero attached hydrogens (tertiary/aromatic N) is 1. The molecule has 1 atom stereocenters. The normalized spacial score (nSPS) is 27.2. The second-order valence-electron chi connectivity index (χ2n) is 4.95. The molecule has 2 fully saturated rings. The third kappa shape index (κ3) is 2.88. The molecule has 2 aliphatic heterocycles. The fourth-order valence-corrected chi connectivity index (χ4v) is 2.58. The number of cyclic esters (lactones) is 1. The van der Waals surface area contributed by atoms with Gasteiger partial charge in [0.25, 0.3) is 0 Å². The number of rotatable bonds is 4. The Morgan fingerprint density at radius 2 is 2.19 bits per heavy atom. The summed E-state index contributed by atoms with van der Waals surface area (Å²) in [5.41, 5.74) is 0. The maximum Gasteiger partial charge on any atom is 0.410 e. The van der Waals surface area contributed by atoms with Crippen molar-refractivity contribution >= 4 is 6.09 Å². The summed E-state index contributed by atoms with van der Waals surface area (Å²) >= 11 is 0. The summed E-state index contributed by atoms with van der Waals surface area (Å²) in [4.78, 5) is 13.2. The first kappa shape index (κ1) is 11.7. The molecular weight excluding hydrogens is 204 g/mol. The van der Waals surface area contributed by atoms with Gasteiger partial charge in [0.15, 0.2) is 0 Å². The number of hydrogen-bond donors (Lipinski definition) is 1. The number of ether oxygens (including phenoxy) is 1. The van der Waals surface area contributed by atoms with Crippen LogP contribution in [-0.4, -0.2) is 43.3 Å². The average molecular weight is 226 g/mol. The van der Waals surface area contributed by atoms with Gasteiger partial charge in [0.2, 0.25) is 0 Å². The molecule has 2 rings (SSSR count). The topological polar surface area (TPSA) is 41.6 Å². The SMILES string of the molecule is C[C@@H]1COC(=O)N1CCCC1CCNCC1. The van der Waals surface area contributed by atoms with Gasteiger partial charge < -0.3 is 15.0 Å². The first-order valence-electron chi connectivity index (χ1n) is 6.41. The summed E-state index contributed by atoms with van der Waals surface area (Å²) in [6.45, 7) is 5.80. The van der Waals surface area contributed by atoms with Crippen molar-refractivity contribution in [1.82, 2.24) is 10.2 Å². The highest BCUT2D eigenvalue weighted by Crippen LogP contribution is 2.19. The minimum atomic E-state index is -0.127. The maximum absolute atomic E-state index is 11.4. The first-order chi connectivity index (χ1) is 7.77. The lowest BCUT2D eigenvalue weighted by Crippen LogP contribution is -2.33. The van der Waals surface area contributed by atoms with Crippen LogP contribution in [0.15, 0.2) is 0 Å². The van der Waals surface area contributed by atoms with Crippen LogP contribution < -0.4 is 5.32 Å². The molecule has 0 aromatic carbocycles. The molecule has 2 heterocycles. The average Bonchev–Trinajstić information content (AvgIpc) is 2.62. The fourth-order valence-electron chi connectivity index (χ4n) is 2.58. The molecular formula is C12H22N2O2. The van der Waals surface area contributed by atoms with E-state index in [1.807, 2.05) is 4.90 Å². The lowest BCUT2D eigenvalue weighted by Gasteiger charge is -2.24. The van der Waals surface area contributed by atoms with Crippen molar-refractivity contribution in [2.24, 2.45) is 5.92 Å². The standard InChI is InChI=1S/C12H22N2O2/c1-10-9-16-12(15)14(10)8-2-3-11-4-6-13-7-5-11/h10-11,13H,2-9H2,1H3/t10-/m1/s1. The van der Waals surface area contributed by atoms with Crippen LogP contribution in [0.1, 0.15) is 32.6 Å². The Kier molecular flexibility index (Phi) is 4.04. The minimum Gasteiger partial charge on any atom is -0.447 e. The summed E-state index contributed by atoms with van der Waals surface area (Å²) in [5, 5.41) is 3.38. The molecule has 0 aliphatic carbocycles. The quantitative estimate of drug-likeness (QED) is 0.791. The monoisotopic (exact) mass is 226 g/mol. The van der Waals surface area contributed by atoms with Crippen LogP contribution in [-0.2, 0) is 4.74 Å². The van der Waals surface area contributed by atoms with Gasteiger partial charge in [0.1, 0.15) is 6.61 Å². The van der Waals surface area contributed by atoms with Crippen LogP contribution in [0.2, 0.25) is 0 Å². The number of hydrogen-bond acceptors (Lipinski definition) is 3. The summed E-state index contributed by atoms with van der Waals surface area (Å²) < 4.78 is 5.00. The molecule has 16 heavy (non-hydrogen) atoms. The number of amides is 1. The van der Waals surface area contributed by atoms with Gasteiger partial charge in [-0.2, -0.15) is 0 Å². The van der Waals surface area contributed by atoms with Crippen LogP contribution in [0.25, 0.3) is 0 Å². The molecule has 4 heteroatoms. The Bertz CT molecular complexity index is 239. The van der Waals surface area contributed by atoms with Gasteiger partial charge in [-0.3, -0.25) is 0 Å². The lowest BCUT2D eigenvalue weighted by atomic mass is 9.93. The summed E-state index contributed by atoms with van der Waals surface area (Å²) in [6.07, 6.45) is 4.82. The zero-order valence-electron chi connectivity index (χ0n) is 10.1. The number of nitrogens with one attached hydrogen (secondary N) is 1. The number of carbonyl (C=O) groups is 1. The second kappa shape index (κ2) is 5.53. The van der Waals surface area contributed by atoms with Gasteiger partial charge in [-0.25, -0.2) is 4.79 Å². The van der Waals surface area contributed by atoms with Crippen molar-refractivity contribution in [2.75, 3.05) is 26.2 Å². The Balaban J connectivity index is 1.65. The summed E-state index contributed by atoms with van der Waals surface area (Å²) in [6, 6.07) is 0.264. The highest BCUT2D eigenvalue weighted by molar-refractivity contribution is 5.69. The van der Waals surface area contributed by atoms with Crippen LogP contribution >= 0.6 is 0 Å². The predicted molar refractivity (Wildman–Crippen MR) is 62.3 cm³/mol. The van der Waals surface area contributed by atoms with Crippen molar-refractivity contribution in [3.05, 3.63) is 0 Å². The van der Waals surface area contributed by atoms with Gasteiger partial charge in [-0.05, 0) is 51.6 Å². The van der Waals surface area contributed by atoms with Gasteiger partial charge >= 0.3 is 6.09 Å². The molecule has 0 radical (unpaired) electrons. The highest BCUT2D eigenvalue weighted by atomic mass is 16.6. The van der Waals surface area contributed by atoms with E-state index in [2.05, 4.69) is 12.2 Å². The van der Waals surface area contributed by atoms with E-state index < -0.39 is 0 Å². The van der Waals surface area contributed by atoms with Gasteiger partial charge in [-0.1, -0.05) is 0 Å². The van der Waals surface area contributed by atoms with E-state index in [0.717, 1.165) is 32.0 Å². The molecule has 92 valence electrons. The second-order valence-corrected chi connectivity index (χ2v) is 4.95. The van der Waals surface area contributed by atoms with Crippen molar-refractivity contribution in [3.8, 4) is 0 Å². The minimum absolute atomic E-state index is 0.127. The van der Waals surface area contributed by atoms with E-state index >= 15 is 0 Å². The smallest absolute Gasteiger partial charge is 0.410 e. The molecule has 2 aliphatic rings. The van der Waals surface area contributed by atoms with Crippen LogP contribution in [0.3, 0.4) is 0 Å². The molecule has 1 amide bonds. The Labute approximate surface area is 97.3 Å². The molecule has 0 aromatic rings. The molecule has 2 saturated heterocycles. The maximum atomic E-state index is 11.4. The fraction of sp³-hybridized carbons (Fsp3) is 0.917. The van der Waals surface area contributed by atoms with Gasteiger partial charge in [0, 0.05) is 6.54 Å². The largest absolute Gasteiger partial charge is 0.447 e. The Hall–Kier alpha value is -0.770. The lowest BCUT2D eigenvalue weighted by molar-refractivity contribution is 0.156. The van der Waals surface area contributed by atoms with Crippen LogP contribution in [0.5, 0.6) is 0 Å². The van der Waals surface area contributed by atoms with Crippen molar-refractivity contribution in [2.45, 2.75) is 38.6 Å². The first-order valence-corrected chi connectivity index (χ1v) is 6.41. The highest BCUT2D eigenvalue weighted by Gasteiger charge is 2.28. The third-order valence-electron chi connectivity index (χ3n) is 3.68. The molecule has 0 aromatic heterocycles. The Morgan fingerprint density at radius 3 is 2.81 bits per heavy atom. The molecule has 0 bridgehead atoms. The molecule has 1 N–H and O–H groups in total. The van der Waals surface area contributed by atoms with Gasteiger partial charge in [0.05, 0.1) is 6.04 Å². The zero-order chi connectivity index (χ0) is 11.4. The van der Waals surface area contributed by atoms with E-state index in [9.17, 15) is 4.79 Å². The van der Waals surface area contributed by atoms with Crippen molar-refractivity contribution < 1.29 is 9.53 Å². The van der Waals surface area contributed by atoms with E-state index in [-0.39, 0.29) is 12.1 Å². The molecule has 4 nitrogen and oxygen atoms in total. The van der Waals surface area contributed by atoms with E-state index in [1.165, 1.54) is 19.3 Å². The van der Waals surface area contributed by atoms with Crippen molar-refractivity contribution in [1.29, 1.82) is 0 Å². The van der Waals surface area contributed by atoms with Crippen LogP contribution in [0, 0.1) is 5.92 Å². The Morgan fingerprint density at radius 1 is 1.44 bits per heavy atom. The predicted octanol–water partition coefficient (Wildman–Crippen LogP) is 1.61. The van der Waals surface area contributed by atoms with E-state index in [1.54, 1.807) is 0 Å². The van der Waals surface area contributed by atoms with Crippen LogP contribution in [0.4, 0.5) is 4.79 Å². The molecule has 0 unspecified atom stereocenters. The number of piperidine rings is 1. The third-order valence-corrected chi connectivity index (χ3v) is 3.68. The van der Waals surface area contributed by atoms with E-state index in [0.29, 0.717) is 6.61 Å². The van der Waals surface area contributed by atoms with Gasteiger partial charge in [-0.15, -0.1) is 0 Å². The van der Waals surface area contributed by atoms with Crippen molar-refractivity contribution in [3.63, 3.8) is 0 Å². The van der Waals surface area contributed by atoms with E-state index in [4.69, 9.17) is 4.74 Å². The molecule has 0 saturated carbocycles. The molecule has 0 spiro atoms. The number of carbonyl (C=O) groups excluding carboxylic acids is 1. The summed E-state index contributed by atoms with van der Waals surface area (Å²) in [5.74, 6) is 0.857. The summed E-state index contributed by atoms with van der Waals surface area (Å²) in [7, 11) is 0. The zero-order valence-corrected chi connectivity index (χ0v) is 10.1.